The summed E-state index contributed by atoms with van der Waals surface area (Å²) in [7, 11) is 1.51. The number of H-pyrrole nitrogens is 1. The second kappa shape index (κ2) is 6.36. The fourth-order valence-electron chi connectivity index (χ4n) is 3.13. The van der Waals surface area contributed by atoms with E-state index in [0.29, 0.717) is 12.5 Å². The lowest BCUT2D eigenvalue weighted by atomic mass is 10.0. The number of nitrogens with one attached hydrogen (secondary N) is 2. The number of pyridine rings is 1. The number of nitrogens with zero attached hydrogens (tertiary/aromatic N) is 2. The Kier molecular flexibility index (Phi) is 4.27. The van der Waals surface area contributed by atoms with Crippen LogP contribution in [0.4, 0.5) is 0 Å². The largest absolute Gasteiger partial charge is 0.351 e. The van der Waals surface area contributed by atoms with Crippen LogP contribution in [0.5, 0.6) is 0 Å². The minimum atomic E-state index is -0.547. The first-order valence-corrected chi connectivity index (χ1v) is 7.94. The molecule has 0 bridgehead atoms. The van der Waals surface area contributed by atoms with Crippen LogP contribution in [0.1, 0.15) is 42.6 Å². The van der Waals surface area contributed by atoms with Crippen molar-refractivity contribution in [3.63, 3.8) is 0 Å². The molecule has 23 heavy (non-hydrogen) atoms. The Morgan fingerprint density at radius 1 is 1.35 bits per heavy atom. The van der Waals surface area contributed by atoms with E-state index in [9.17, 15) is 14.4 Å². The van der Waals surface area contributed by atoms with Gasteiger partial charge in [0.15, 0.2) is 0 Å². The van der Waals surface area contributed by atoms with E-state index in [0.717, 1.165) is 6.42 Å². The van der Waals surface area contributed by atoms with E-state index < -0.39 is 11.2 Å². The fourth-order valence-corrected chi connectivity index (χ4v) is 3.13. The first-order chi connectivity index (χ1) is 11.1. The summed E-state index contributed by atoms with van der Waals surface area (Å²) < 4.78 is 1.23. The summed E-state index contributed by atoms with van der Waals surface area (Å²) in [5.41, 5.74) is -0.621. The topological polar surface area (TPSA) is 96.9 Å². The zero-order valence-electron chi connectivity index (χ0n) is 13.1. The van der Waals surface area contributed by atoms with Crippen molar-refractivity contribution >= 4 is 16.9 Å². The molecule has 1 saturated carbocycles. The molecule has 3 rings (SSSR count). The van der Waals surface area contributed by atoms with Crippen molar-refractivity contribution in [1.29, 1.82) is 0 Å². The van der Waals surface area contributed by atoms with Crippen LogP contribution in [0.3, 0.4) is 0 Å². The van der Waals surface area contributed by atoms with Crippen LogP contribution in [-0.2, 0) is 7.05 Å². The third-order valence-electron chi connectivity index (χ3n) is 4.51. The van der Waals surface area contributed by atoms with Crippen LogP contribution in [0, 0.1) is 5.92 Å². The molecule has 0 aromatic carbocycles. The summed E-state index contributed by atoms with van der Waals surface area (Å²) in [6, 6.07) is 3.03. The lowest BCUT2D eigenvalue weighted by Gasteiger charge is -2.10. The molecule has 0 radical (unpaired) electrons. The number of amides is 1. The maximum atomic E-state index is 12.2. The van der Waals surface area contributed by atoms with Crippen LogP contribution in [-0.4, -0.2) is 27.0 Å². The minimum Gasteiger partial charge on any atom is -0.351 e. The predicted octanol–water partition coefficient (Wildman–Crippen LogP) is 0.932. The zero-order chi connectivity index (χ0) is 16.4. The molecule has 2 heterocycles. The molecular weight excluding hydrogens is 296 g/mol. The third kappa shape index (κ3) is 3.18. The van der Waals surface area contributed by atoms with Crippen molar-refractivity contribution in [3.8, 4) is 0 Å². The second-order valence-corrected chi connectivity index (χ2v) is 6.08. The van der Waals surface area contributed by atoms with Crippen LogP contribution in [0.2, 0.25) is 0 Å². The summed E-state index contributed by atoms with van der Waals surface area (Å²) in [4.78, 5) is 41.9. The Morgan fingerprint density at radius 2 is 2.09 bits per heavy atom. The summed E-state index contributed by atoms with van der Waals surface area (Å²) in [5.74, 6) is 0.428. The van der Waals surface area contributed by atoms with Crippen molar-refractivity contribution in [2.24, 2.45) is 13.0 Å². The van der Waals surface area contributed by atoms with Gasteiger partial charge in [0.1, 0.15) is 11.3 Å². The van der Waals surface area contributed by atoms with Crippen molar-refractivity contribution in [3.05, 3.63) is 38.7 Å². The van der Waals surface area contributed by atoms with E-state index >= 15 is 0 Å². The van der Waals surface area contributed by atoms with Crippen molar-refractivity contribution in [2.45, 2.75) is 32.1 Å². The quantitative estimate of drug-likeness (QED) is 0.877. The molecule has 2 N–H and O–H groups in total. The molecule has 1 fully saturated rings. The van der Waals surface area contributed by atoms with Gasteiger partial charge in [-0.15, -0.1) is 0 Å². The molecular formula is C16H20N4O3. The Hall–Kier alpha value is -2.44. The smallest absolute Gasteiger partial charge is 0.329 e. The lowest BCUT2D eigenvalue weighted by molar-refractivity contribution is 0.0946. The van der Waals surface area contributed by atoms with Gasteiger partial charge in [-0.2, -0.15) is 0 Å². The standard InChI is InChI=1S/C16H20N4O3/c1-20-13-11(14(21)19-16(20)23)6-7-12(18-13)15(22)17-9-8-10-4-2-3-5-10/h6-7,10H,2-5,8-9H2,1H3,(H,17,22)(H,19,21,23). The van der Waals surface area contributed by atoms with Gasteiger partial charge in [0.2, 0.25) is 0 Å². The first kappa shape index (κ1) is 15.5. The summed E-state index contributed by atoms with van der Waals surface area (Å²) in [6.07, 6.45) is 6.04. The molecule has 7 nitrogen and oxygen atoms in total. The molecule has 122 valence electrons. The molecule has 2 aromatic rings. The van der Waals surface area contributed by atoms with Gasteiger partial charge in [0.25, 0.3) is 11.5 Å². The van der Waals surface area contributed by atoms with Gasteiger partial charge in [-0.1, -0.05) is 25.7 Å². The lowest BCUT2D eigenvalue weighted by Crippen LogP contribution is -2.30. The number of aromatic nitrogens is 3. The van der Waals surface area contributed by atoms with Crippen molar-refractivity contribution in [2.75, 3.05) is 6.54 Å². The average Bonchev–Trinajstić information content (AvgIpc) is 3.05. The monoisotopic (exact) mass is 316 g/mol. The summed E-state index contributed by atoms with van der Waals surface area (Å²) in [5, 5.41) is 3.15. The van der Waals surface area contributed by atoms with Gasteiger partial charge in [0, 0.05) is 13.6 Å². The van der Waals surface area contributed by atoms with E-state index in [4.69, 9.17) is 0 Å². The van der Waals surface area contributed by atoms with Crippen LogP contribution >= 0.6 is 0 Å². The van der Waals surface area contributed by atoms with E-state index in [1.165, 1.54) is 49.4 Å². The number of carbonyl (C=O) groups is 1. The molecule has 0 spiro atoms. The zero-order valence-corrected chi connectivity index (χ0v) is 13.1. The van der Waals surface area contributed by atoms with Crippen LogP contribution in [0.15, 0.2) is 21.7 Å². The van der Waals surface area contributed by atoms with E-state index in [2.05, 4.69) is 15.3 Å². The third-order valence-corrected chi connectivity index (χ3v) is 4.51. The highest BCUT2D eigenvalue weighted by atomic mass is 16.2. The number of aryl methyl sites for hydroxylation is 1. The molecule has 1 amide bonds. The molecule has 1 aliphatic carbocycles. The highest BCUT2D eigenvalue weighted by molar-refractivity contribution is 5.94. The Balaban J connectivity index is 1.76. The number of carbonyl (C=O) groups excluding carboxylic acids is 1. The Morgan fingerprint density at radius 3 is 2.83 bits per heavy atom. The maximum absolute atomic E-state index is 12.2. The SMILES string of the molecule is Cn1c(=O)[nH]c(=O)c2ccc(C(=O)NCCC3CCCC3)nc21. The van der Waals surface area contributed by atoms with Gasteiger partial charge in [-0.25, -0.2) is 9.78 Å². The number of fused-ring (bicyclic) bond motifs is 1. The normalized spacial score (nSPS) is 15.2. The molecule has 1 aliphatic rings. The van der Waals surface area contributed by atoms with Gasteiger partial charge in [0.05, 0.1) is 5.39 Å². The summed E-state index contributed by atoms with van der Waals surface area (Å²) >= 11 is 0. The molecule has 0 unspecified atom stereocenters. The predicted molar refractivity (Wildman–Crippen MR) is 86.5 cm³/mol. The van der Waals surface area contributed by atoms with Crippen LogP contribution in [0.25, 0.3) is 11.0 Å². The van der Waals surface area contributed by atoms with Gasteiger partial charge in [-0.3, -0.25) is 19.1 Å². The molecule has 2 aromatic heterocycles. The van der Waals surface area contributed by atoms with Crippen molar-refractivity contribution < 1.29 is 4.79 Å². The number of hydrogen-bond donors (Lipinski definition) is 2. The number of rotatable bonds is 4. The molecule has 0 atom stereocenters. The summed E-state index contributed by atoms with van der Waals surface area (Å²) in [6.45, 7) is 0.623. The van der Waals surface area contributed by atoms with Crippen molar-refractivity contribution in [1.82, 2.24) is 19.9 Å². The molecule has 0 aliphatic heterocycles. The van der Waals surface area contributed by atoms with Gasteiger partial charge >= 0.3 is 5.69 Å². The first-order valence-electron chi connectivity index (χ1n) is 7.94. The van der Waals surface area contributed by atoms with E-state index in [1.807, 2.05) is 0 Å². The maximum Gasteiger partial charge on any atom is 0.329 e. The highest BCUT2D eigenvalue weighted by Gasteiger charge is 2.16. The number of aromatic amines is 1. The highest BCUT2D eigenvalue weighted by Crippen LogP contribution is 2.26. The van der Waals surface area contributed by atoms with E-state index in [-0.39, 0.29) is 22.6 Å². The van der Waals surface area contributed by atoms with Gasteiger partial charge in [-0.05, 0) is 24.5 Å². The average molecular weight is 316 g/mol. The second-order valence-electron chi connectivity index (χ2n) is 6.08. The Bertz CT molecular complexity index is 847. The van der Waals surface area contributed by atoms with Crippen LogP contribution < -0.4 is 16.6 Å². The fraction of sp³-hybridized carbons (Fsp3) is 0.500. The Labute approximate surface area is 132 Å². The number of hydrogen-bond acceptors (Lipinski definition) is 4. The van der Waals surface area contributed by atoms with Gasteiger partial charge < -0.3 is 5.32 Å². The minimum absolute atomic E-state index is 0.210. The molecule has 0 saturated heterocycles. The van der Waals surface area contributed by atoms with E-state index in [1.54, 1.807) is 0 Å². The molecule has 7 heteroatoms.